The SMILES string of the molecule is CCOc1ccc(C[NH+](C)[C@H](C)C(=O)c2[nH]c(C)c(C(=O)OC)c2C)cc1OC. The second-order valence-electron chi connectivity index (χ2n) is 7.14. The Labute approximate surface area is 172 Å². The summed E-state index contributed by atoms with van der Waals surface area (Å²) < 4.78 is 15.8. The summed E-state index contributed by atoms with van der Waals surface area (Å²) in [6, 6.07) is 5.49. The number of carbonyl (C=O) groups excluding carboxylic acids is 2. The maximum atomic E-state index is 13.1. The highest BCUT2D eigenvalue weighted by molar-refractivity contribution is 6.03. The number of aromatic amines is 1. The molecule has 7 nitrogen and oxygen atoms in total. The number of H-pyrrole nitrogens is 1. The second kappa shape index (κ2) is 9.60. The van der Waals surface area contributed by atoms with Gasteiger partial charge in [0.1, 0.15) is 6.54 Å². The fourth-order valence-electron chi connectivity index (χ4n) is 3.42. The van der Waals surface area contributed by atoms with Crippen molar-refractivity contribution in [1.82, 2.24) is 4.98 Å². The van der Waals surface area contributed by atoms with Crippen LogP contribution in [-0.4, -0.2) is 50.7 Å². The maximum absolute atomic E-state index is 13.1. The van der Waals surface area contributed by atoms with Crippen LogP contribution in [0.1, 0.15) is 51.5 Å². The van der Waals surface area contributed by atoms with Gasteiger partial charge in [0.2, 0.25) is 5.78 Å². The average molecular weight is 403 g/mol. The fourth-order valence-corrected chi connectivity index (χ4v) is 3.42. The van der Waals surface area contributed by atoms with Crippen molar-refractivity contribution in [3.8, 4) is 11.5 Å². The number of carbonyl (C=O) groups is 2. The third kappa shape index (κ3) is 4.79. The van der Waals surface area contributed by atoms with Crippen LogP contribution >= 0.6 is 0 Å². The summed E-state index contributed by atoms with van der Waals surface area (Å²) in [6.07, 6.45) is 0. The molecule has 2 aromatic rings. The van der Waals surface area contributed by atoms with E-state index in [0.29, 0.717) is 47.2 Å². The molecule has 0 aliphatic rings. The molecule has 1 aromatic heterocycles. The highest BCUT2D eigenvalue weighted by Crippen LogP contribution is 2.27. The summed E-state index contributed by atoms with van der Waals surface area (Å²) in [6.45, 7) is 8.55. The van der Waals surface area contributed by atoms with E-state index in [9.17, 15) is 9.59 Å². The van der Waals surface area contributed by atoms with Gasteiger partial charge in [-0.1, -0.05) is 0 Å². The summed E-state index contributed by atoms with van der Waals surface area (Å²) in [5, 5.41) is 0. The molecule has 158 valence electrons. The van der Waals surface area contributed by atoms with Crippen molar-refractivity contribution in [2.45, 2.75) is 40.3 Å². The van der Waals surface area contributed by atoms with Gasteiger partial charge >= 0.3 is 5.97 Å². The monoisotopic (exact) mass is 403 g/mol. The van der Waals surface area contributed by atoms with Gasteiger partial charge in [-0.15, -0.1) is 0 Å². The topological polar surface area (TPSA) is 82.1 Å². The quantitative estimate of drug-likeness (QED) is 0.495. The summed E-state index contributed by atoms with van der Waals surface area (Å²) >= 11 is 0. The molecular weight excluding hydrogens is 372 g/mol. The van der Waals surface area contributed by atoms with E-state index in [1.807, 2.05) is 39.1 Å². The molecule has 1 aromatic carbocycles. The number of ether oxygens (including phenoxy) is 3. The first-order valence-corrected chi connectivity index (χ1v) is 9.68. The fraction of sp³-hybridized carbons (Fsp3) is 0.455. The van der Waals surface area contributed by atoms with Gasteiger partial charge in [0.25, 0.3) is 0 Å². The van der Waals surface area contributed by atoms with Gasteiger partial charge in [-0.2, -0.15) is 0 Å². The molecular formula is C22H31N2O5+. The molecule has 0 fully saturated rings. The molecule has 0 radical (unpaired) electrons. The van der Waals surface area contributed by atoms with Crippen molar-refractivity contribution in [1.29, 1.82) is 0 Å². The molecule has 0 aliphatic carbocycles. The molecule has 1 unspecified atom stereocenters. The molecule has 0 amide bonds. The van der Waals surface area contributed by atoms with Gasteiger partial charge < -0.3 is 24.1 Å². The molecule has 0 saturated heterocycles. The van der Waals surface area contributed by atoms with Gasteiger partial charge in [-0.05, 0) is 51.5 Å². The zero-order valence-corrected chi connectivity index (χ0v) is 18.3. The van der Waals surface area contributed by atoms with Gasteiger partial charge in [0, 0.05) is 11.3 Å². The van der Waals surface area contributed by atoms with Gasteiger partial charge in [-0.3, -0.25) is 4.79 Å². The minimum Gasteiger partial charge on any atom is -0.493 e. The van der Waals surface area contributed by atoms with Crippen LogP contribution in [0.15, 0.2) is 18.2 Å². The van der Waals surface area contributed by atoms with Crippen LogP contribution in [0, 0.1) is 13.8 Å². The van der Waals surface area contributed by atoms with E-state index in [1.165, 1.54) is 7.11 Å². The first-order chi connectivity index (χ1) is 13.7. The number of hydrogen-bond acceptors (Lipinski definition) is 5. The maximum Gasteiger partial charge on any atom is 0.339 e. The number of methoxy groups -OCH3 is 2. The lowest BCUT2D eigenvalue weighted by Gasteiger charge is -2.21. The lowest BCUT2D eigenvalue weighted by Crippen LogP contribution is -3.12. The lowest BCUT2D eigenvalue weighted by atomic mass is 10.0. The average Bonchev–Trinajstić information content (AvgIpc) is 3.01. The standard InChI is InChI=1S/C22H30N2O5/c1-8-29-17-10-9-16(11-18(17)27-6)12-24(5)15(4)21(25)20-13(2)19(14(3)23-20)22(26)28-7/h9-11,15,23H,8,12H2,1-7H3/p+1/t15-/m1/s1. The van der Waals surface area contributed by atoms with E-state index in [1.54, 1.807) is 21.0 Å². The normalized spacial score (nSPS) is 12.9. The highest BCUT2D eigenvalue weighted by Gasteiger charge is 2.29. The number of nitrogens with one attached hydrogen (secondary N) is 2. The van der Waals surface area contributed by atoms with Gasteiger partial charge in [0.05, 0.1) is 39.1 Å². The molecule has 7 heteroatoms. The molecule has 2 rings (SSSR count). The lowest BCUT2D eigenvalue weighted by molar-refractivity contribution is -0.907. The van der Waals surface area contributed by atoms with E-state index >= 15 is 0 Å². The van der Waals surface area contributed by atoms with Crippen LogP contribution in [0.3, 0.4) is 0 Å². The number of ketones is 1. The zero-order valence-electron chi connectivity index (χ0n) is 18.3. The minimum atomic E-state index is -0.440. The van der Waals surface area contributed by atoms with Crippen molar-refractivity contribution in [3.63, 3.8) is 0 Å². The number of likely N-dealkylation sites (N-methyl/N-ethyl adjacent to an activating group) is 1. The Morgan fingerprint density at radius 2 is 1.86 bits per heavy atom. The number of esters is 1. The molecule has 0 spiro atoms. The number of quaternary nitrogens is 1. The predicted molar refractivity (Wildman–Crippen MR) is 110 cm³/mol. The van der Waals surface area contributed by atoms with Crippen LogP contribution in [0.2, 0.25) is 0 Å². The van der Waals surface area contributed by atoms with E-state index in [2.05, 4.69) is 4.98 Å². The molecule has 2 N–H and O–H groups in total. The Balaban J connectivity index is 2.19. The first-order valence-electron chi connectivity index (χ1n) is 9.68. The van der Waals surface area contributed by atoms with Crippen LogP contribution in [-0.2, 0) is 11.3 Å². The highest BCUT2D eigenvalue weighted by atomic mass is 16.5. The third-order valence-corrected chi connectivity index (χ3v) is 5.22. The van der Waals surface area contributed by atoms with Crippen LogP contribution in [0.5, 0.6) is 11.5 Å². The molecule has 0 saturated carbocycles. The largest absolute Gasteiger partial charge is 0.493 e. The smallest absolute Gasteiger partial charge is 0.339 e. The number of aryl methyl sites for hydroxylation is 1. The number of benzene rings is 1. The number of hydrogen-bond donors (Lipinski definition) is 2. The van der Waals surface area contributed by atoms with Crippen LogP contribution in [0.4, 0.5) is 0 Å². The molecule has 1 heterocycles. The molecule has 0 aliphatic heterocycles. The van der Waals surface area contributed by atoms with Crippen LogP contribution < -0.4 is 14.4 Å². The first kappa shape index (κ1) is 22.5. The van der Waals surface area contributed by atoms with Crippen molar-refractivity contribution in [2.24, 2.45) is 0 Å². The van der Waals surface area contributed by atoms with Crippen molar-refractivity contribution in [2.75, 3.05) is 27.9 Å². The number of aromatic nitrogens is 1. The Kier molecular flexibility index (Phi) is 7.45. The van der Waals surface area contributed by atoms with Gasteiger partial charge in [-0.25, -0.2) is 4.79 Å². The Bertz CT molecular complexity index is 888. The number of rotatable bonds is 9. The second-order valence-corrected chi connectivity index (χ2v) is 7.14. The summed E-state index contributed by atoms with van der Waals surface area (Å²) in [7, 11) is 4.92. The van der Waals surface area contributed by atoms with E-state index < -0.39 is 5.97 Å². The number of Topliss-reactive ketones (excluding diaryl/α,β-unsaturated/α-hetero) is 1. The van der Waals surface area contributed by atoms with Crippen molar-refractivity contribution in [3.05, 3.63) is 46.3 Å². The third-order valence-electron chi connectivity index (χ3n) is 5.22. The predicted octanol–water partition coefficient (Wildman–Crippen LogP) is 2.11. The molecule has 2 atom stereocenters. The van der Waals surface area contributed by atoms with Crippen LogP contribution in [0.25, 0.3) is 0 Å². The molecule has 0 bridgehead atoms. The van der Waals surface area contributed by atoms with E-state index in [4.69, 9.17) is 14.2 Å². The van der Waals surface area contributed by atoms with Crippen molar-refractivity contribution >= 4 is 11.8 Å². The Hall–Kier alpha value is -2.80. The summed E-state index contributed by atoms with van der Waals surface area (Å²) in [5.74, 6) is 0.893. The van der Waals surface area contributed by atoms with E-state index in [-0.39, 0.29) is 11.8 Å². The Morgan fingerprint density at radius 1 is 1.17 bits per heavy atom. The van der Waals surface area contributed by atoms with Crippen molar-refractivity contribution < 1.29 is 28.7 Å². The minimum absolute atomic E-state index is 0.0452. The van der Waals surface area contributed by atoms with Gasteiger partial charge in [0.15, 0.2) is 17.5 Å². The Morgan fingerprint density at radius 3 is 2.45 bits per heavy atom. The summed E-state index contributed by atoms with van der Waals surface area (Å²) in [4.78, 5) is 29.2. The summed E-state index contributed by atoms with van der Waals surface area (Å²) in [5.41, 5.74) is 3.19. The molecule has 29 heavy (non-hydrogen) atoms. The zero-order chi connectivity index (χ0) is 21.7. The van der Waals surface area contributed by atoms with E-state index in [0.717, 1.165) is 10.5 Å².